The molecule has 0 saturated heterocycles. The molecule has 1 nitrogen and oxygen atoms in total. The maximum absolute atomic E-state index is 3.95. The zero-order valence-corrected chi connectivity index (χ0v) is 23.5. The van der Waals surface area contributed by atoms with E-state index in [2.05, 4.69) is 120 Å². The summed E-state index contributed by atoms with van der Waals surface area (Å²) in [5, 5.41) is 1.20. The predicted octanol–water partition coefficient (Wildman–Crippen LogP) is 11.4. The first kappa shape index (κ1) is 31.4. The third-order valence-corrected chi connectivity index (χ3v) is 6.87. The van der Waals surface area contributed by atoms with Gasteiger partial charge in [-0.05, 0) is 68.7 Å². The summed E-state index contributed by atoms with van der Waals surface area (Å²) in [4.78, 5) is 0. The first-order valence-electron chi connectivity index (χ1n) is 13.0. The van der Waals surface area contributed by atoms with Crippen molar-refractivity contribution >= 4 is 23.1 Å². The second kappa shape index (κ2) is 14.2. The molecule has 0 spiro atoms. The number of benzene rings is 2. The van der Waals surface area contributed by atoms with E-state index >= 15 is 0 Å². The van der Waals surface area contributed by atoms with Crippen LogP contribution in [-0.4, -0.2) is 4.57 Å². The molecule has 37 heavy (non-hydrogen) atoms. The average Bonchev–Trinajstić information content (AvgIpc) is 3.34. The Morgan fingerprint density at radius 1 is 0.811 bits per heavy atom. The van der Waals surface area contributed by atoms with Crippen LogP contribution in [0.2, 0.25) is 0 Å². The molecule has 0 atom stereocenters. The molecule has 0 amide bonds. The minimum absolute atomic E-state index is 0. The molecule has 0 unspecified atom stereocenters. The fourth-order valence-electron chi connectivity index (χ4n) is 4.99. The minimum Gasteiger partial charge on any atom is -0.309 e. The number of rotatable bonds is 4. The van der Waals surface area contributed by atoms with Gasteiger partial charge >= 0.3 is 0 Å². The van der Waals surface area contributed by atoms with Crippen molar-refractivity contribution < 1.29 is 0 Å². The lowest BCUT2D eigenvalue weighted by Crippen LogP contribution is -2.11. The van der Waals surface area contributed by atoms with E-state index in [0.29, 0.717) is 0 Å². The number of para-hydroxylation sites is 2. The van der Waals surface area contributed by atoms with Gasteiger partial charge in [0, 0.05) is 22.1 Å². The fraction of sp³-hybridized carbons (Fsp3) is 0.278. The number of fused-ring (bicyclic) bond motifs is 1. The Balaban J connectivity index is 0.000000347. The van der Waals surface area contributed by atoms with Crippen LogP contribution in [0.1, 0.15) is 74.1 Å². The highest BCUT2D eigenvalue weighted by Gasteiger charge is 2.35. The molecule has 4 rings (SSSR count). The van der Waals surface area contributed by atoms with Gasteiger partial charge in [-0.15, -0.1) is 0 Å². The number of hydrogen-bond donors (Lipinski definition) is 0. The van der Waals surface area contributed by atoms with E-state index in [1.807, 2.05) is 44.2 Å². The van der Waals surface area contributed by atoms with Gasteiger partial charge in [-0.3, -0.25) is 0 Å². The molecule has 3 aromatic rings. The van der Waals surface area contributed by atoms with Gasteiger partial charge in [0.15, 0.2) is 0 Å². The lowest BCUT2D eigenvalue weighted by atomic mass is 9.81. The van der Waals surface area contributed by atoms with Crippen molar-refractivity contribution in [2.24, 2.45) is 5.41 Å². The summed E-state index contributed by atoms with van der Waals surface area (Å²) in [5.74, 6) is 0. The van der Waals surface area contributed by atoms with E-state index in [-0.39, 0.29) is 12.8 Å². The first-order chi connectivity index (χ1) is 17.4. The van der Waals surface area contributed by atoms with E-state index in [1.54, 1.807) is 0 Å². The van der Waals surface area contributed by atoms with Crippen LogP contribution < -0.4 is 0 Å². The first-order valence-corrected chi connectivity index (χ1v) is 13.0. The molecule has 0 bridgehead atoms. The summed E-state index contributed by atoms with van der Waals surface area (Å²) >= 11 is 0. The summed E-state index contributed by atoms with van der Waals surface area (Å²) in [6.07, 6.45) is 12.6. The Hall–Kier alpha value is -3.58. The average molecular weight is 494 g/mol. The van der Waals surface area contributed by atoms with E-state index in [1.165, 1.54) is 33.2 Å². The van der Waals surface area contributed by atoms with Crippen LogP contribution in [0, 0.1) is 5.41 Å². The monoisotopic (exact) mass is 493 g/mol. The number of aromatic nitrogens is 1. The number of nitrogens with zero attached hydrogens (tertiary/aromatic N) is 1. The number of allylic oxidation sites excluding steroid dienone is 8. The van der Waals surface area contributed by atoms with Crippen LogP contribution in [0.15, 0.2) is 114 Å². The smallest absolute Gasteiger partial charge is 0.0541 e. The zero-order valence-electron chi connectivity index (χ0n) is 23.5. The Bertz CT molecular complexity index is 1320. The van der Waals surface area contributed by atoms with Crippen LogP contribution in [0.25, 0.3) is 28.7 Å². The number of hydrogen-bond acceptors (Lipinski definition) is 0. The largest absolute Gasteiger partial charge is 0.309 e. The summed E-state index contributed by atoms with van der Waals surface area (Å²) in [5.41, 5.74) is 10.5. The molecule has 1 heterocycles. The van der Waals surface area contributed by atoms with Gasteiger partial charge in [-0.25, -0.2) is 0 Å². The van der Waals surface area contributed by atoms with Crippen LogP contribution >= 0.6 is 0 Å². The van der Waals surface area contributed by atoms with E-state index in [0.717, 1.165) is 16.9 Å². The van der Waals surface area contributed by atoms with Crippen molar-refractivity contribution in [1.82, 2.24) is 4.57 Å². The SMILES string of the molecule is C.C/C=C\C1=C(C)C(C)(C)C(=C/C)/C1=C\C.C=Cc1c(C=C)n(-c2ccccc2)c2ccccc12.CC. The lowest BCUT2D eigenvalue weighted by molar-refractivity contribution is 0.563. The highest BCUT2D eigenvalue weighted by atomic mass is 15.0. The van der Waals surface area contributed by atoms with Crippen LogP contribution in [0.4, 0.5) is 0 Å². The Morgan fingerprint density at radius 3 is 1.92 bits per heavy atom. The summed E-state index contributed by atoms with van der Waals surface area (Å²) in [6.45, 7) is 25.1. The van der Waals surface area contributed by atoms with Gasteiger partial charge in [0.1, 0.15) is 0 Å². The highest BCUT2D eigenvalue weighted by Crippen LogP contribution is 2.49. The topological polar surface area (TPSA) is 4.93 Å². The van der Waals surface area contributed by atoms with Crippen LogP contribution in [0.3, 0.4) is 0 Å². The van der Waals surface area contributed by atoms with Gasteiger partial charge in [0.2, 0.25) is 0 Å². The quantitative estimate of drug-likeness (QED) is 0.340. The molecular weight excluding hydrogens is 446 g/mol. The molecule has 0 radical (unpaired) electrons. The molecule has 0 aliphatic heterocycles. The molecule has 0 saturated carbocycles. The van der Waals surface area contributed by atoms with Gasteiger partial charge in [-0.1, -0.05) is 121 Å². The molecule has 0 N–H and O–H groups in total. The second-order valence-corrected chi connectivity index (χ2v) is 8.96. The normalized spacial score (nSPS) is 16.2. The molecule has 2 aromatic carbocycles. The molecular formula is C36H47N. The molecule has 1 aromatic heterocycles. The fourth-order valence-corrected chi connectivity index (χ4v) is 4.99. The van der Waals surface area contributed by atoms with Gasteiger partial charge in [-0.2, -0.15) is 0 Å². The summed E-state index contributed by atoms with van der Waals surface area (Å²) in [6, 6.07) is 18.7. The molecule has 196 valence electrons. The van der Waals surface area contributed by atoms with Crippen molar-refractivity contribution in [2.75, 3.05) is 0 Å². The summed E-state index contributed by atoms with van der Waals surface area (Å²) in [7, 11) is 0. The minimum atomic E-state index is 0. The van der Waals surface area contributed by atoms with Gasteiger partial charge in [0.25, 0.3) is 0 Å². The van der Waals surface area contributed by atoms with Crippen molar-refractivity contribution in [3.05, 3.63) is 126 Å². The van der Waals surface area contributed by atoms with Gasteiger partial charge in [0.05, 0.1) is 11.2 Å². The Kier molecular flexibility index (Phi) is 12.1. The molecule has 1 aliphatic rings. The molecule has 0 fully saturated rings. The van der Waals surface area contributed by atoms with Crippen LogP contribution in [0.5, 0.6) is 0 Å². The van der Waals surface area contributed by atoms with E-state index in [9.17, 15) is 0 Å². The maximum atomic E-state index is 3.95. The highest BCUT2D eigenvalue weighted by molar-refractivity contribution is 5.95. The third-order valence-electron chi connectivity index (χ3n) is 6.87. The standard InChI is InChI=1S/C18H15N.C15H22.C2H6.CH4/c1-3-15-16-12-8-9-13-18(16)19(17(15)4-2)14-10-6-5-7-11-14;1-7-10-13-11(4)15(5,6)14(9-3)12(13)8-2;1-2;/h3-13H,1-2H2;7-10H,1-6H3;1-2H3;1H4/b;10-7-,12-8-,14-9+;;. The van der Waals surface area contributed by atoms with E-state index in [4.69, 9.17) is 0 Å². The lowest BCUT2D eigenvalue weighted by Gasteiger charge is -2.22. The molecule has 1 aliphatic carbocycles. The van der Waals surface area contributed by atoms with Crippen LogP contribution in [-0.2, 0) is 0 Å². The van der Waals surface area contributed by atoms with Crippen molar-refractivity contribution in [2.45, 2.75) is 62.8 Å². The van der Waals surface area contributed by atoms with Crippen molar-refractivity contribution in [3.63, 3.8) is 0 Å². The second-order valence-electron chi connectivity index (χ2n) is 8.96. The van der Waals surface area contributed by atoms with Crippen molar-refractivity contribution in [1.29, 1.82) is 0 Å². The Labute approximate surface area is 226 Å². The van der Waals surface area contributed by atoms with Gasteiger partial charge < -0.3 is 4.57 Å². The maximum Gasteiger partial charge on any atom is 0.0541 e. The molecule has 1 heteroatoms. The Morgan fingerprint density at radius 2 is 1.41 bits per heavy atom. The predicted molar refractivity (Wildman–Crippen MR) is 170 cm³/mol. The zero-order chi connectivity index (χ0) is 26.9. The van der Waals surface area contributed by atoms with E-state index < -0.39 is 0 Å². The summed E-state index contributed by atoms with van der Waals surface area (Å²) < 4.78 is 2.22. The third kappa shape index (κ3) is 6.05. The van der Waals surface area contributed by atoms with Crippen molar-refractivity contribution in [3.8, 4) is 5.69 Å².